The Morgan fingerprint density at radius 3 is 2.68 bits per heavy atom. The lowest BCUT2D eigenvalue weighted by Crippen LogP contribution is -2.57. The molecule has 0 unspecified atom stereocenters. The van der Waals surface area contributed by atoms with Crippen molar-refractivity contribution in [3.8, 4) is 0 Å². The molecule has 7 heteroatoms. The van der Waals surface area contributed by atoms with Gasteiger partial charge in [0.15, 0.2) is 9.84 Å². The van der Waals surface area contributed by atoms with Crippen molar-refractivity contribution in [2.45, 2.75) is 18.6 Å². The molecule has 0 bridgehead atoms. The van der Waals surface area contributed by atoms with E-state index in [1.165, 1.54) is 0 Å². The number of sulfone groups is 1. The third-order valence-electron chi connectivity index (χ3n) is 4.33. The fourth-order valence-corrected chi connectivity index (χ4v) is 5.21. The Bertz CT molecular complexity index is 568. The molecule has 1 aromatic rings. The third kappa shape index (κ3) is 2.42. The Labute approximate surface area is 113 Å². The van der Waals surface area contributed by atoms with E-state index in [1.807, 2.05) is 24.9 Å². The zero-order valence-electron chi connectivity index (χ0n) is 11.4. The molecule has 2 atom stereocenters. The second-order valence-electron chi connectivity index (χ2n) is 5.62. The molecular formula is C12H20N4O2S. The summed E-state index contributed by atoms with van der Waals surface area (Å²) in [6, 6.07) is 0.250. The van der Waals surface area contributed by atoms with Gasteiger partial charge in [0.05, 0.1) is 18.1 Å². The summed E-state index contributed by atoms with van der Waals surface area (Å²) in [6.45, 7) is 2.55. The summed E-state index contributed by atoms with van der Waals surface area (Å²) < 4.78 is 25.8. The van der Waals surface area contributed by atoms with Gasteiger partial charge in [-0.05, 0) is 7.05 Å². The van der Waals surface area contributed by atoms with Crippen LogP contribution in [0.3, 0.4) is 0 Å². The van der Waals surface area contributed by atoms with Crippen molar-refractivity contribution in [1.29, 1.82) is 0 Å². The smallest absolute Gasteiger partial charge is 0.153 e. The van der Waals surface area contributed by atoms with E-state index in [9.17, 15) is 8.42 Å². The topological polar surface area (TPSA) is 58.4 Å². The van der Waals surface area contributed by atoms with Gasteiger partial charge in [-0.15, -0.1) is 0 Å². The Kier molecular flexibility index (Phi) is 3.15. The number of hydrogen-bond acceptors (Lipinski definition) is 5. The van der Waals surface area contributed by atoms with Crippen molar-refractivity contribution >= 4 is 9.84 Å². The van der Waals surface area contributed by atoms with Crippen LogP contribution in [0.1, 0.15) is 5.82 Å². The number of rotatable bonds is 2. The third-order valence-corrected chi connectivity index (χ3v) is 6.03. The van der Waals surface area contributed by atoms with Crippen molar-refractivity contribution in [2.75, 3.05) is 31.6 Å². The predicted molar refractivity (Wildman–Crippen MR) is 72.5 cm³/mol. The highest BCUT2D eigenvalue weighted by molar-refractivity contribution is 7.91. The van der Waals surface area contributed by atoms with Gasteiger partial charge in [0, 0.05) is 44.6 Å². The molecule has 0 spiro atoms. The maximum absolute atomic E-state index is 11.9. The Morgan fingerprint density at radius 1 is 1.26 bits per heavy atom. The van der Waals surface area contributed by atoms with Crippen LogP contribution in [-0.4, -0.2) is 71.5 Å². The quantitative estimate of drug-likeness (QED) is 0.721. The fourth-order valence-electron chi connectivity index (χ4n) is 3.12. The van der Waals surface area contributed by atoms with Crippen LogP contribution < -0.4 is 0 Å². The first kappa shape index (κ1) is 13.1. The summed E-state index contributed by atoms with van der Waals surface area (Å²) in [5.41, 5.74) is 0. The molecule has 1 aromatic heterocycles. The molecule has 6 nitrogen and oxygen atoms in total. The van der Waals surface area contributed by atoms with Crippen molar-refractivity contribution in [1.82, 2.24) is 19.4 Å². The molecule has 0 radical (unpaired) electrons. The first-order valence-corrected chi connectivity index (χ1v) is 8.39. The fraction of sp³-hybridized carbons (Fsp3) is 0.750. The zero-order chi connectivity index (χ0) is 13.6. The number of nitrogens with zero attached hydrogens (tertiary/aromatic N) is 4. The standard InChI is InChI=1S/C12H20N4O2S/c1-14-5-6-16(7-12-13-3-4-15(12)2)11-9-19(17,18)8-10(11)14/h3-4,10-11H,5-9H2,1-2H3/t10-,11+/m1/s1. The van der Waals surface area contributed by atoms with Crippen LogP contribution in [0.5, 0.6) is 0 Å². The minimum absolute atomic E-state index is 0.112. The van der Waals surface area contributed by atoms with Gasteiger partial charge < -0.3 is 4.57 Å². The van der Waals surface area contributed by atoms with E-state index in [2.05, 4.69) is 14.8 Å². The van der Waals surface area contributed by atoms with Gasteiger partial charge in [-0.1, -0.05) is 0 Å². The van der Waals surface area contributed by atoms with Gasteiger partial charge in [0.2, 0.25) is 0 Å². The van der Waals surface area contributed by atoms with Crippen molar-refractivity contribution < 1.29 is 8.42 Å². The molecule has 3 rings (SSSR count). The van der Waals surface area contributed by atoms with Crippen LogP contribution in [0.2, 0.25) is 0 Å². The number of likely N-dealkylation sites (N-methyl/N-ethyl adjacent to an activating group) is 1. The van der Waals surface area contributed by atoms with E-state index >= 15 is 0 Å². The van der Waals surface area contributed by atoms with Crippen molar-refractivity contribution in [3.05, 3.63) is 18.2 Å². The summed E-state index contributed by atoms with van der Waals surface area (Å²) in [7, 11) is 1.10. The van der Waals surface area contributed by atoms with E-state index in [0.29, 0.717) is 5.75 Å². The van der Waals surface area contributed by atoms with Crippen LogP contribution in [0.15, 0.2) is 12.4 Å². The first-order chi connectivity index (χ1) is 8.96. The maximum Gasteiger partial charge on any atom is 0.153 e. The highest BCUT2D eigenvalue weighted by Crippen LogP contribution is 2.26. The first-order valence-electron chi connectivity index (χ1n) is 6.57. The lowest BCUT2D eigenvalue weighted by molar-refractivity contribution is 0.0549. The summed E-state index contributed by atoms with van der Waals surface area (Å²) in [4.78, 5) is 8.80. The van der Waals surface area contributed by atoms with E-state index in [0.717, 1.165) is 25.5 Å². The summed E-state index contributed by atoms with van der Waals surface area (Å²) in [6.07, 6.45) is 3.71. The molecule has 19 heavy (non-hydrogen) atoms. The number of fused-ring (bicyclic) bond motifs is 1. The lowest BCUT2D eigenvalue weighted by atomic mass is 10.1. The molecule has 106 valence electrons. The molecule has 0 aromatic carbocycles. The second-order valence-corrected chi connectivity index (χ2v) is 7.77. The van der Waals surface area contributed by atoms with Crippen molar-refractivity contribution in [2.24, 2.45) is 7.05 Å². The molecule has 0 N–H and O–H groups in total. The number of imidazole rings is 1. The van der Waals surface area contributed by atoms with Crippen LogP contribution in [-0.2, 0) is 23.4 Å². The largest absolute Gasteiger partial charge is 0.337 e. The highest BCUT2D eigenvalue weighted by atomic mass is 32.2. The molecule has 2 saturated heterocycles. The normalized spacial score (nSPS) is 31.5. The Hall–Kier alpha value is -0.920. The number of piperazine rings is 1. The molecular weight excluding hydrogens is 264 g/mol. The van der Waals surface area contributed by atoms with E-state index < -0.39 is 9.84 Å². The monoisotopic (exact) mass is 284 g/mol. The van der Waals surface area contributed by atoms with E-state index in [4.69, 9.17) is 0 Å². The lowest BCUT2D eigenvalue weighted by Gasteiger charge is -2.42. The van der Waals surface area contributed by atoms with Crippen molar-refractivity contribution in [3.63, 3.8) is 0 Å². The summed E-state index contributed by atoms with van der Waals surface area (Å²) in [5, 5.41) is 0. The van der Waals surface area contributed by atoms with Gasteiger partial charge >= 0.3 is 0 Å². The van der Waals surface area contributed by atoms with Crippen LogP contribution in [0, 0.1) is 0 Å². The molecule has 2 aliphatic rings. The van der Waals surface area contributed by atoms with Gasteiger partial charge in [0.25, 0.3) is 0 Å². The summed E-state index contributed by atoms with van der Waals surface area (Å²) >= 11 is 0. The minimum atomic E-state index is -2.89. The Balaban J connectivity index is 1.81. The average Bonchev–Trinajstić information content (AvgIpc) is 2.87. The number of hydrogen-bond donors (Lipinski definition) is 0. The number of aromatic nitrogens is 2. The van der Waals surface area contributed by atoms with Gasteiger partial charge in [0.1, 0.15) is 5.82 Å². The SMILES string of the molecule is CN1CCN(Cc2nccn2C)[C@H]2CS(=O)(=O)C[C@H]21. The van der Waals surface area contributed by atoms with Gasteiger partial charge in [-0.2, -0.15) is 0 Å². The van der Waals surface area contributed by atoms with E-state index in [-0.39, 0.29) is 17.8 Å². The molecule has 3 heterocycles. The van der Waals surface area contributed by atoms with Gasteiger partial charge in [-0.25, -0.2) is 13.4 Å². The number of aryl methyl sites for hydroxylation is 1. The van der Waals surface area contributed by atoms with Gasteiger partial charge in [-0.3, -0.25) is 9.80 Å². The molecule has 0 amide bonds. The molecule has 0 saturated carbocycles. The second kappa shape index (κ2) is 4.57. The van der Waals surface area contributed by atoms with Crippen LogP contribution >= 0.6 is 0 Å². The Morgan fingerprint density at radius 2 is 2.00 bits per heavy atom. The molecule has 0 aliphatic carbocycles. The average molecular weight is 284 g/mol. The molecule has 2 fully saturated rings. The van der Waals surface area contributed by atoms with E-state index in [1.54, 1.807) is 6.20 Å². The maximum atomic E-state index is 11.9. The highest BCUT2D eigenvalue weighted by Gasteiger charge is 2.45. The zero-order valence-corrected chi connectivity index (χ0v) is 12.2. The summed E-state index contributed by atoms with van der Waals surface area (Å²) in [5.74, 6) is 1.57. The minimum Gasteiger partial charge on any atom is -0.337 e. The van der Waals surface area contributed by atoms with Crippen LogP contribution in [0.4, 0.5) is 0 Å². The molecule has 2 aliphatic heterocycles. The van der Waals surface area contributed by atoms with Crippen LogP contribution in [0.25, 0.3) is 0 Å². The predicted octanol–water partition coefficient (Wildman–Crippen LogP) is -0.667.